The largest absolute Gasteiger partial charge is 0.497 e. The normalized spacial score (nSPS) is 16.7. The number of methoxy groups -OCH3 is 1. The Morgan fingerprint density at radius 1 is 1.04 bits per heavy atom. The van der Waals surface area contributed by atoms with Crippen LogP contribution in [0.25, 0.3) is 0 Å². The first kappa shape index (κ1) is 18.9. The summed E-state index contributed by atoms with van der Waals surface area (Å²) in [4.78, 5) is 26.3. The molecular formula is C21H25N2O4+. The third-order valence-electron chi connectivity index (χ3n) is 4.63. The Morgan fingerprint density at radius 3 is 2.33 bits per heavy atom. The molecule has 0 saturated carbocycles. The Labute approximate surface area is 159 Å². The van der Waals surface area contributed by atoms with Crippen LogP contribution in [-0.4, -0.2) is 38.1 Å². The van der Waals surface area contributed by atoms with Gasteiger partial charge in [-0.05, 0) is 48.9 Å². The van der Waals surface area contributed by atoms with Crippen LogP contribution in [0.2, 0.25) is 0 Å². The number of amides is 2. The number of benzene rings is 2. The highest BCUT2D eigenvalue weighted by molar-refractivity contribution is 6.21. The first-order valence-electron chi connectivity index (χ1n) is 9.18. The number of ether oxygens (including phenoxy) is 2. The smallest absolute Gasteiger partial charge is 0.292 e. The van der Waals surface area contributed by atoms with Crippen molar-refractivity contribution in [1.82, 2.24) is 0 Å². The Kier molecular flexibility index (Phi) is 6.08. The SMILES string of the molecule is CCOc1ccc(N2C(=O)C[C@H]([NH2+]CCc3ccc(OC)cc3)C2=O)cc1. The molecule has 1 heterocycles. The van der Waals surface area contributed by atoms with Crippen LogP contribution in [0, 0.1) is 0 Å². The van der Waals surface area contributed by atoms with E-state index in [1.165, 1.54) is 10.5 Å². The number of hydrogen-bond acceptors (Lipinski definition) is 4. The van der Waals surface area contributed by atoms with Gasteiger partial charge in [0.15, 0.2) is 6.04 Å². The molecule has 1 aliphatic rings. The predicted octanol–water partition coefficient (Wildman–Crippen LogP) is 1.53. The first-order valence-corrected chi connectivity index (χ1v) is 9.18. The standard InChI is InChI=1S/C21H24N2O4/c1-3-27-18-10-6-16(7-11-18)23-20(24)14-19(21(23)25)22-13-12-15-4-8-17(26-2)9-5-15/h4-11,19,22H,3,12-14H2,1-2H3/p+1/t19-/m0/s1. The second-order valence-electron chi connectivity index (χ2n) is 6.43. The van der Waals surface area contributed by atoms with E-state index in [4.69, 9.17) is 9.47 Å². The van der Waals surface area contributed by atoms with Gasteiger partial charge in [-0.1, -0.05) is 12.1 Å². The minimum atomic E-state index is -0.359. The molecule has 6 heteroatoms. The van der Waals surface area contributed by atoms with E-state index in [9.17, 15) is 9.59 Å². The van der Waals surface area contributed by atoms with Gasteiger partial charge in [0, 0.05) is 6.42 Å². The van der Waals surface area contributed by atoms with Gasteiger partial charge in [0.25, 0.3) is 5.91 Å². The summed E-state index contributed by atoms with van der Waals surface area (Å²) in [5, 5.41) is 1.96. The molecule has 3 rings (SSSR count). The van der Waals surface area contributed by atoms with Gasteiger partial charge in [-0.2, -0.15) is 0 Å². The van der Waals surface area contributed by atoms with Crippen molar-refractivity contribution in [3.05, 3.63) is 54.1 Å². The lowest BCUT2D eigenvalue weighted by Crippen LogP contribution is -2.92. The summed E-state index contributed by atoms with van der Waals surface area (Å²) >= 11 is 0. The molecule has 0 unspecified atom stereocenters. The van der Waals surface area contributed by atoms with Crippen LogP contribution in [0.4, 0.5) is 5.69 Å². The quantitative estimate of drug-likeness (QED) is 0.717. The van der Waals surface area contributed by atoms with Crippen LogP contribution in [0.5, 0.6) is 11.5 Å². The Balaban J connectivity index is 1.56. The molecule has 6 nitrogen and oxygen atoms in total. The number of carbonyl (C=O) groups excluding carboxylic acids is 2. The Bertz CT molecular complexity index is 787. The van der Waals surface area contributed by atoms with Gasteiger partial charge in [-0.25, -0.2) is 4.90 Å². The Hall–Kier alpha value is -2.86. The lowest BCUT2D eigenvalue weighted by Gasteiger charge is -2.15. The van der Waals surface area contributed by atoms with Crippen molar-refractivity contribution in [1.29, 1.82) is 0 Å². The first-order chi connectivity index (χ1) is 13.1. The summed E-state index contributed by atoms with van der Waals surface area (Å²) in [5.74, 6) is 1.24. The molecule has 2 amide bonds. The number of anilines is 1. The summed E-state index contributed by atoms with van der Waals surface area (Å²) in [6.07, 6.45) is 1.06. The van der Waals surface area contributed by atoms with Gasteiger partial charge in [0.1, 0.15) is 11.5 Å². The predicted molar refractivity (Wildman–Crippen MR) is 102 cm³/mol. The van der Waals surface area contributed by atoms with Crippen molar-refractivity contribution in [2.45, 2.75) is 25.8 Å². The van der Waals surface area contributed by atoms with Crippen LogP contribution in [-0.2, 0) is 16.0 Å². The highest BCUT2D eigenvalue weighted by atomic mass is 16.5. The molecule has 2 aromatic carbocycles. The fourth-order valence-corrected chi connectivity index (χ4v) is 3.21. The molecule has 1 saturated heterocycles. The number of nitrogens with zero attached hydrogens (tertiary/aromatic N) is 1. The molecule has 1 atom stereocenters. The van der Waals surface area contributed by atoms with Crippen LogP contribution >= 0.6 is 0 Å². The zero-order chi connectivity index (χ0) is 19.2. The number of rotatable bonds is 8. The summed E-state index contributed by atoms with van der Waals surface area (Å²) < 4.78 is 10.6. The highest BCUT2D eigenvalue weighted by Crippen LogP contribution is 2.24. The molecule has 2 aromatic rings. The van der Waals surface area contributed by atoms with Gasteiger partial charge in [-0.15, -0.1) is 0 Å². The zero-order valence-electron chi connectivity index (χ0n) is 15.7. The number of imide groups is 1. The molecule has 0 bridgehead atoms. The molecule has 1 fully saturated rings. The lowest BCUT2D eigenvalue weighted by atomic mass is 10.1. The van der Waals surface area contributed by atoms with E-state index in [0.29, 0.717) is 12.3 Å². The van der Waals surface area contributed by atoms with E-state index in [1.54, 1.807) is 31.4 Å². The van der Waals surface area contributed by atoms with E-state index in [-0.39, 0.29) is 24.3 Å². The summed E-state index contributed by atoms with van der Waals surface area (Å²) in [6.45, 7) is 3.23. The average Bonchev–Trinajstić information content (AvgIpc) is 2.97. The number of quaternary nitrogens is 1. The summed E-state index contributed by atoms with van der Waals surface area (Å²) in [6, 6.07) is 14.6. The minimum absolute atomic E-state index is 0.154. The van der Waals surface area contributed by atoms with Gasteiger partial charge >= 0.3 is 0 Å². The van der Waals surface area contributed by atoms with Crippen molar-refractivity contribution in [3.63, 3.8) is 0 Å². The third-order valence-corrected chi connectivity index (χ3v) is 4.63. The second kappa shape index (κ2) is 8.68. The molecule has 0 radical (unpaired) electrons. The topological polar surface area (TPSA) is 72.4 Å². The average molecular weight is 369 g/mol. The van der Waals surface area contributed by atoms with E-state index in [2.05, 4.69) is 0 Å². The minimum Gasteiger partial charge on any atom is -0.497 e. The van der Waals surface area contributed by atoms with Crippen molar-refractivity contribution in [2.75, 3.05) is 25.2 Å². The van der Waals surface area contributed by atoms with E-state index in [0.717, 1.165) is 24.5 Å². The molecule has 27 heavy (non-hydrogen) atoms. The van der Waals surface area contributed by atoms with E-state index >= 15 is 0 Å². The van der Waals surface area contributed by atoms with Crippen LogP contribution in [0.15, 0.2) is 48.5 Å². The van der Waals surface area contributed by atoms with Crippen molar-refractivity contribution >= 4 is 17.5 Å². The second-order valence-corrected chi connectivity index (χ2v) is 6.43. The molecule has 2 N–H and O–H groups in total. The molecular weight excluding hydrogens is 344 g/mol. The number of carbonyl (C=O) groups is 2. The van der Waals surface area contributed by atoms with Crippen LogP contribution in [0.3, 0.4) is 0 Å². The van der Waals surface area contributed by atoms with Gasteiger partial charge < -0.3 is 14.8 Å². The summed E-state index contributed by atoms with van der Waals surface area (Å²) in [5.41, 5.74) is 1.77. The maximum Gasteiger partial charge on any atom is 0.292 e. The molecule has 0 spiro atoms. The van der Waals surface area contributed by atoms with E-state index < -0.39 is 0 Å². The van der Waals surface area contributed by atoms with Crippen molar-refractivity contribution in [3.8, 4) is 11.5 Å². The van der Waals surface area contributed by atoms with Crippen LogP contribution < -0.4 is 19.7 Å². The fraction of sp³-hybridized carbons (Fsp3) is 0.333. The van der Waals surface area contributed by atoms with Crippen molar-refractivity contribution < 1.29 is 24.4 Å². The zero-order valence-corrected chi connectivity index (χ0v) is 15.7. The molecule has 1 aliphatic heterocycles. The third kappa shape index (κ3) is 4.46. The number of nitrogens with two attached hydrogens (primary N) is 1. The van der Waals surface area contributed by atoms with Gasteiger partial charge in [-0.3, -0.25) is 9.59 Å². The lowest BCUT2D eigenvalue weighted by molar-refractivity contribution is -0.674. The van der Waals surface area contributed by atoms with Crippen LogP contribution in [0.1, 0.15) is 18.9 Å². The van der Waals surface area contributed by atoms with Gasteiger partial charge in [0.2, 0.25) is 5.91 Å². The van der Waals surface area contributed by atoms with Gasteiger partial charge in [0.05, 0.1) is 32.4 Å². The van der Waals surface area contributed by atoms with Crippen molar-refractivity contribution in [2.24, 2.45) is 0 Å². The maximum absolute atomic E-state index is 12.7. The maximum atomic E-state index is 12.7. The molecule has 0 aliphatic carbocycles. The van der Waals surface area contributed by atoms with E-state index in [1.807, 2.05) is 36.5 Å². The molecule has 142 valence electrons. The number of hydrogen-bond donors (Lipinski definition) is 1. The Morgan fingerprint density at radius 2 is 1.70 bits per heavy atom. The highest BCUT2D eigenvalue weighted by Gasteiger charge is 2.42. The molecule has 0 aromatic heterocycles. The fourth-order valence-electron chi connectivity index (χ4n) is 3.21. The monoisotopic (exact) mass is 369 g/mol. The summed E-state index contributed by atoms with van der Waals surface area (Å²) in [7, 11) is 1.64.